The van der Waals surface area contributed by atoms with E-state index >= 15 is 0 Å². The van der Waals surface area contributed by atoms with Crippen molar-refractivity contribution in [2.75, 3.05) is 11.3 Å². The van der Waals surface area contributed by atoms with Crippen LogP contribution in [0, 0.1) is 13.8 Å². The summed E-state index contributed by atoms with van der Waals surface area (Å²) in [6.07, 6.45) is 1.86. The van der Waals surface area contributed by atoms with Crippen LogP contribution in [0.3, 0.4) is 0 Å². The smallest absolute Gasteiger partial charge is 0.261 e. The maximum absolute atomic E-state index is 12.6. The number of ether oxygens (including phenoxy) is 1. The van der Waals surface area contributed by atoms with Gasteiger partial charge in [0.25, 0.3) is 10.0 Å². The van der Waals surface area contributed by atoms with Crippen molar-refractivity contribution in [1.82, 2.24) is 5.32 Å². The van der Waals surface area contributed by atoms with E-state index in [-0.39, 0.29) is 17.3 Å². The van der Waals surface area contributed by atoms with Gasteiger partial charge in [0, 0.05) is 13.0 Å². The lowest BCUT2D eigenvalue weighted by Gasteiger charge is -2.13. The Hall–Kier alpha value is -3.32. The Balaban J connectivity index is 1.45. The van der Waals surface area contributed by atoms with Crippen LogP contribution in [0.25, 0.3) is 0 Å². The van der Waals surface area contributed by atoms with Gasteiger partial charge in [0.05, 0.1) is 17.2 Å². The minimum absolute atomic E-state index is 0.0811. The van der Waals surface area contributed by atoms with Gasteiger partial charge in [0.1, 0.15) is 5.75 Å². The van der Waals surface area contributed by atoms with Crippen molar-refractivity contribution in [3.05, 3.63) is 89.5 Å². The molecule has 33 heavy (non-hydrogen) atoms. The first kappa shape index (κ1) is 24.3. The van der Waals surface area contributed by atoms with Crippen molar-refractivity contribution in [3.63, 3.8) is 0 Å². The van der Waals surface area contributed by atoms with Gasteiger partial charge >= 0.3 is 0 Å². The van der Waals surface area contributed by atoms with Gasteiger partial charge in [-0.15, -0.1) is 0 Å². The fraction of sp³-hybridized carbons (Fsp3) is 0.269. The zero-order valence-corrected chi connectivity index (χ0v) is 19.8. The van der Waals surface area contributed by atoms with Gasteiger partial charge in [-0.3, -0.25) is 9.52 Å². The second-order valence-electron chi connectivity index (χ2n) is 7.93. The molecule has 0 fully saturated rings. The predicted molar refractivity (Wildman–Crippen MR) is 131 cm³/mol. The average molecular weight is 467 g/mol. The molecule has 0 saturated heterocycles. The molecule has 174 valence electrons. The molecule has 0 radical (unpaired) electrons. The number of benzene rings is 3. The number of anilines is 1. The average Bonchev–Trinajstić information content (AvgIpc) is 2.81. The minimum atomic E-state index is -3.70. The number of sulfonamides is 1. The number of carbonyl (C=O) groups excluding carboxylic acids is 1. The zero-order valence-electron chi connectivity index (χ0n) is 19.0. The summed E-state index contributed by atoms with van der Waals surface area (Å²) in [6, 6.07) is 21.3. The van der Waals surface area contributed by atoms with Crippen LogP contribution in [0.4, 0.5) is 5.69 Å². The molecule has 3 aromatic rings. The van der Waals surface area contributed by atoms with E-state index in [1.807, 2.05) is 32.0 Å². The number of nitrogens with one attached hydrogen (secondary N) is 2. The van der Waals surface area contributed by atoms with Crippen LogP contribution >= 0.6 is 0 Å². The van der Waals surface area contributed by atoms with E-state index in [9.17, 15) is 13.2 Å². The minimum Gasteiger partial charge on any atom is -0.493 e. The molecule has 7 heteroatoms. The summed E-state index contributed by atoms with van der Waals surface area (Å²) in [5, 5.41) is 2.88. The number of hydrogen-bond donors (Lipinski definition) is 2. The van der Waals surface area contributed by atoms with Crippen LogP contribution in [-0.2, 0) is 21.4 Å². The Morgan fingerprint density at radius 3 is 2.42 bits per heavy atom. The standard InChI is InChI=1S/C26H30N2O4S/c1-20-15-16-21(2)25(18-20)32-17-9-8-14-26(29)27-19-22-10-6-7-13-24(22)28-33(30,31)23-11-4-3-5-12-23/h3-7,10-13,15-16,18,28H,8-9,14,17,19H2,1-2H3,(H,27,29). The van der Waals surface area contributed by atoms with Crippen molar-refractivity contribution < 1.29 is 17.9 Å². The second-order valence-corrected chi connectivity index (χ2v) is 9.61. The van der Waals surface area contributed by atoms with Gasteiger partial charge in [-0.25, -0.2) is 8.42 Å². The molecule has 0 atom stereocenters. The van der Waals surface area contributed by atoms with E-state index in [1.165, 1.54) is 12.1 Å². The Bertz CT molecular complexity index is 1180. The summed E-state index contributed by atoms with van der Waals surface area (Å²) < 4.78 is 33.7. The van der Waals surface area contributed by atoms with Crippen molar-refractivity contribution >= 4 is 21.6 Å². The van der Waals surface area contributed by atoms with E-state index in [1.54, 1.807) is 36.4 Å². The molecular formula is C26H30N2O4S. The Morgan fingerprint density at radius 2 is 1.64 bits per heavy atom. The second kappa shape index (κ2) is 11.5. The lowest BCUT2D eigenvalue weighted by molar-refractivity contribution is -0.121. The highest BCUT2D eigenvalue weighted by molar-refractivity contribution is 7.92. The van der Waals surface area contributed by atoms with Gasteiger partial charge in [0.15, 0.2) is 0 Å². The van der Waals surface area contributed by atoms with Crippen molar-refractivity contribution in [2.45, 2.75) is 44.6 Å². The maximum atomic E-state index is 12.6. The Labute approximate surface area is 196 Å². The lowest BCUT2D eigenvalue weighted by Crippen LogP contribution is -2.23. The van der Waals surface area contributed by atoms with E-state index < -0.39 is 10.0 Å². The van der Waals surface area contributed by atoms with E-state index in [0.717, 1.165) is 23.3 Å². The maximum Gasteiger partial charge on any atom is 0.261 e. The SMILES string of the molecule is Cc1ccc(C)c(OCCCCC(=O)NCc2ccccc2NS(=O)(=O)c2ccccc2)c1. The molecule has 3 aromatic carbocycles. The third kappa shape index (κ3) is 7.36. The molecule has 0 aliphatic rings. The largest absolute Gasteiger partial charge is 0.493 e. The molecular weight excluding hydrogens is 436 g/mol. The third-order valence-electron chi connectivity index (χ3n) is 5.19. The van der Waals surface area contributed by atoms with Crippen LogP contribution < -0.4 is 14.8 Å². The molecule has 3 rings (SSSR count). The number of amides is 1. The number of aryl methyl sites for hydroxylation is 2. The normalized spacial score (nSPS) is 11.1. The fourth-order valence-corrected chi connectivity index (χ4v) is 4.41. The highest BCUT2D eigenvalue weighted by Crippen LogP contribution is 2.21. The van der Waals surface area contributed by atoms with Gasteiger partial charge in [0.2, 0.25) is 5.91 Å². The number of unbranched alkanes of at least 4 members (excludes halogenated alkanes) is 1. The summed E-state index contributed by atoms with van der Waals surface area (Å²) in [6.45, 7) is 4.84. The molecule has 6 nitrogen and oxygen atoms in total. The van der Waals surface area contributed by atoms with Crippen LogP contribution in [-0.4, -0.2) is 20.9 Å². The summed E-state index contributed by atoms with van der Waals surface area (Å²) in [4.78, 5) is 12.5. The third-order valence-corrected chi connectivity index (χ3v) is 6.57. The highest BCUT2D eigenvalue weighted by Gasteiger charge is 2.15. The van der Waals surface area contributed by atoms with Crippen molar-refractivity contribution in [2.24, 2.45) is 0 Å². The molecule has 0 heterocycles. The number of rotatable bonds is 11. The van der Waals surface area contributed by atoms with Crippen LogP contribution in [0.5, 0.6) is 5.75 Å². The molecule has 1 amide bonds. The fourth-order valence-electron chi connectivity index (χ4n) is 3.29. The molecule has 0 spiro atoms. The van der Waals surface area contributed by atoms with Crippen LogP contribution in [0.1, 0.15) is 36.0 Å². The number of para-hydroxylation sites is 1. The topological polar surface area (TPSA) is 84.5 Å². The molecule has 0 aliphatic heterocycles. The monoisotopic (exact) mass is 466 g/mol. The van der Waals surface area contributed by atoms with Crippen LogP contribution in [0.2, 0.25) is 0 Å². The summed E-state index contributed by atoms with van der Waals surface area (Å²) >= 11 is 0. The van der Waals surface area contributed by atoms with Gasteiger partial charge in [-0.05, 0) is 67.6 Å². The van der Waals surface area contributed by atoms with Crippen molar-refractivity contribution in [1.29, 1.82) is 0 Å². The number of hydrogen-bond acceptors (Lipinski definition) is 4. The molecule has 0 aliphatic carbocycles. The molecule has 2 N–H and O–H groups in total. The van der Waals surface area contributed by atoms with Crippen LogP contribution in [0.15, 0.2) is 77.7 Å². The lowest BCUT2D eigenvalue weighted by atomic mass is 10.1. The van der Waals surface area contributed by atoms with Gasteiger partial charge in [-0.1, -0.05) is 48.5 Å². The quantitative estimate of drug-likeness (QED) is 0.391. The van der Waals surface area contributed by atoms with E-state index in [4.69, 9.17) is 4.74 Å². The summed E-state index contributed by atoms with van der Waals surface area (Å²) in [5.74, 6) is 0.802. The van der Waals surface area contributed by atoms with E-state index in [0.29, 0.717) is 30.7 Å². The van der Waals surface area contributed by atoms with Gasteiger partial charge < -0.3 is 10.1 Å². The first-order valence-electron chi connectivity index (χ1n) is 11.0. The first-order valence-corrected chi connectivity index (χ1v) is 12.5. The Kier molecular flexibility index (Phi) is 8.49. The molecule has 0 aromatic heterocycles. The van der Waals surface area contributed by atoms with Gasteiger partial charge in [-0.2, -0.15) is 0 Å². The van der Waals surface area contributed by atoms with Crippen molar-refractivity contribution in [3.8, 4) is 5.75 Å². The summed E-state index contributed by atoms with van der Waals surface area (Å²) in [7, 11) is -3.70. The molecule has 0 unspecified atom stereocenters. The first-order chi connectivity index (χ1) is 15.8. The predicted octanol–water partition coefficient (Wildman–Crippen LogP) is 4.97. The van der Waals surface area contributed by atoms with E-state index in [2.05, 4.69) is 16.1 Å². The molecule has 0 saturated carbocycles. The highest BCUT2D eigenvalue weighted by atomic mass is 32.2. The zero-order chi connectivity index (χ0) is 23.7. The molecule has 0 bridgehead atoms. The Morgan fingerprint density at radius 1 is 0.909 bits per heavy atom. The number of carbonyl (C=O) groups is 1. The summed E-state index contributed by atoms with van der Waals surface area (Å²) in [5.41, 5.74) is 3.40.